The third-order valence-corrected chi connectivity index (χ3v) is 4.44. The van der Waals surface area contributed by atoms with Crippen LogP contribution in [0, 0.1) is 6.92 Å². The van der Waals surface area contributed by atoms with E-state index in [-0.39, 0.29) is 0 Å². The maximum Gasteiger partial charge on any atom is 0.230 e. The van der Waals surface area contributed by atoms with Crippen molar-refractivity contribution in [1.29, 1.82) is 0 Å². The van der Waals surface area contributed by atoms with Gasteiger partial charge in [-0.1, -0.05) is 27.2 Å². The van der Waals surface area contributed by atoms with Crippen LogP contribution in [0.4, 0.5) is 0 Å². The van der Waals surface area contributed by atoms with Gasteiger partial charge in [0.1, 0.15) is 0 Å². The van der Waals surface area contributed by atoms with E-state index in [1.165, 1.54) is 5.56 Å². The summed E-state index contributed by atoms with van der Waals surface area (Å²) in [6.45, 7) is 5.27. The standard InChI is InChI=1S/C15H18BrN3O/c1-9-3-4-12(13(16)7-9)14-18-15(20-19-14)11-5-6-17-10(2)8-11/h3-4,7,10-11,17H,5-6,8H2,1-2H3. The van der Waals surface area contributed by atoms with Crippen molar-refractivity contribution >= 4 is 15.9 Å². The first-order valence-electron chi connectivity index (χ1n) is 6.97. The van der Waals surface area contributed by atoms with E-state index in [1.807, 2.05) is 6.07 Å². The SMILES string of the molecule is Cc1ccc(-c2noc(C3CCNC(C)C3)n2)c(Br)c1. The number of rotatable bonds is 2. The van der Waals surface area contributed by atoms with Crippen molar-refractivity contribution in [2.24, 2.45) is 0 Å². The molecule has 0 aliphatic carbocycles. The lowest BCUT2D eigenvalue weighted by Crippen LogP contribution is -2.34. The summed E-state index contributed by atoms with van der Waals surface area (Å²) in [6, 6.07) is 6.66. The van der Waals surface area contributed by atoms with E-state index in [0.29, 0.717) is 17.8 Å². The largest absolute Gasteiger partial charge is 0.339 e. The molecule has 1 fully saturated rings. The summed E-state index contributed by atoms with van der Waals surface area (Å²) in [6.07, 6.45) is 2.11. The summed E-state index contributed by atoms with van der Waals surface area (Å²) in [7, 11) is 0. The Balaban J connectivity index is 1.86. The Kier molecular flexibility index (Phi) is 3.89. The summed E-state index contributed by atoms with van der Waals surface area (Å²) < 4.78 is 6.49. The Bertz CT molecular complexity index is 611. The summed E-state index contributed by atoms with van der Waals surface area (Å²) in [5, 5.41) is 7.58. The molecule has 1 saturated heterocycles. The summed E-state index contributed by atoms with van der Waals surface area (Å²) in [5.41, 5.74) is 2.18. The second-order valence-electron chi connectivity index (χ2n) is 5.52. The van der Waals surface area contributed by atoms with Gasteiger partial charge in [-0.2, -0.15) is 4.98 Å². The maximum absolute atomic E-state index is 5.48. The fourth-order valence-electron chi connectivity index (χ4n) is 2.67. The molecule has 4 nitrogen and oxygen atoms in total. The van der Waals surface area contributed by atoms with Gasteiger partial charge in [0.15, 0.2) is 0 Å². The Morgan fingerprint density at radius 2 is 2.25 bits per heavy atom. The lowest BCUT2D eigenvalue weighted by atomic mass is 9.93. The van der Waals surface area contributed by atoms with Crippen LogP contribution < -0.4 is 5.32 Å². The van der Waals surface area contributed by atoms with Gasteiger partial charge in [0.05, 0.1) is 0 Å². The zero-order chi connectivity index (χ0) is 14.1. The van der Waals surface area contributed by atoms with Gasteiger partial charge < -0.3 is 9.84 Å². The molecule has 2 unspecified atom stereocenters. The van der Waals surface area contributed by atoms with Crippen LogP contribution in [0.1, 0.15) is 37.1 Å². The van der Waals surface area contributed by atoms with Crippen LogP contribution in [-0.2, 0) is 0 Å². The minimum absolute atomic E-state index is 0.372. The molecule has 5 heteroatoms. The van der Waals surface area contributed by atoms with Crippen molar-refractivity contribution in [2.75, 3.05) is 6.54 Å². The molecule has 1 aliphatic rings. The quantitative estimate of drug-likeness (QED) is 0.909. The summed E-state index contributed by atoms with van der Waals surface area (Å²) in [4.78, 5) is 4.59. The van der Waals surface area contributed by atoms with Crippen molar-refractivity contribution in [2.45, 2.75) is 38.6 Å². The molecule has 0 bridgehead atoms. The molecule has 2 heterocycles. The van der Waals surface area contributed by atoms with E-state index in [1.54, 1.807) is 0 Å². The molecule has 1 aromatic carbocycles. The van der Waals surface area contributed by atoms with Crippen molar-refractivity contribution in [1.82, 2.24) is 15.5 Å². The fraction of sp³-hybridized carbons (Fsp3) is 0.467. The summed E-state index contributed by atoms with van der Waals surface area (Å²) >= 11 is 3.57. The van der Waals surface area contributed by atoms with Crippen LogP contribution in [-0.4, -0.2) is 22.7 Å². The fourth-order valence-corrected chi connectivity index (χ4v) is 3.34. The predicted molar refractivity (Wildman–Crippen MR) is 81.6 cm³/mol. The number of benzene rings is 1. The number of piperidine rings is 1. The summed E-state index contributed by atoms with van der Waals surface area (Å²) in [5.74, 6) is 1.80. The van der Waals surface area contributed by atoms with Gasteiger partial charge in [0.25, 0.3) is 0 Å². The smallest absolute Gasteiger partial charge is 0.230 e. The Labute approximate surface area is 127 Å². The predicted octanol–water partition coefficient (Wildman–Crippen LogP) is 3.66. The molecule has 0 spiro atoms. The zero-order valence-corrected chi connectivity index (χ0v) is 13.3. The molecule has 0 amide bonds. The Morgan fingerprint density at radius 1 is 1.40 bits per heavy atom. The average molecular weight is 336 g/mol. The molecular formula is C15H18BrN3O. The molecular weight excluding hydrogens is 318 g/mol. The van der Waals surface area contributed by atoms with Gasteiger partial charge in [0.2, 0.25) is 11.7 Å². The minimum atomic E-state index is 0.372. The highest BCUT2D eigenvalue weighted by atomic mass is 79.9. The number of hydrogen-bond donors (Lipinski definition) is 1. The van der Waals surface area contributed by atoms with Crippen molar-refractivity contribution in [3.05, 3.63) is 34.1 Å². The highest BCUT2D eigenvalue weighted by Crippen LogP contribution is 2.31. The third kappa shape index (κ3) is 2.79. The van der Waals surface area contributed by atoms with Gasteiger partial charge in [-0.3, -0.25) is 0 Å². The van der Waals surface area contributed by atoms with Gasteiger partial charge in [-0.05, 0) is 50.9 Å². The van der Waals surface area contributed by atoms with E-state index in [4.69, 9.17) is 4.52 Å². The molecule has 1 N–H and O–H groups in total. The molecule has 2 aromatic rings. The molecule has 20 heavy (non-hydrogen) atoms. The second-order valence-corrected chi connectivity index (χ2v) is 6.37. The molecule has 1 aromatic heterocycles. The van der Waals surface area contributed by atoms with Crippen LogP contribution in [0.2, 0.25) is 0 Å². The number of halogens is 1. The monoisotopic (exact) mass is 335 g/mol. The number of aryl methyl sites for hydroxylation is 1. The first-order chi connectivity index (χ1) is 9.63. The number of aromatic nitrogens is 2. The Morgan fingerprint density at radius 3 is 3.00 bits per heavy atom. The van der Waals surface area contributed by atoms with Gasteiger partial charge >= 0.3 is 0 Å². The van der Waals surface area contributed by atoms with Crippen LogP contribution >= 0.6 is 15.9 Å². The van der Waals surface area contributed by atoms with E-state index in [2.05, 4.69) is 57.4 Å². The van der Waals surface area contributed by atoms with E-state index in [9.17, 15) is 0 Å². The van der Waals surface area contributed by atoms with Gasteiger partial charge in [-0.15, -0.1) is 0 Å². The first kappa shape index (κ1) is 13.8. The Hall–Kier alpha value is -1.20. The van der Waals surface area contributed by atoms with E-state index < -0.39 is 0 Å². The first-order valence-corrected chi connectivity index (χ1v) is 7.76. The molecule has 1 aliphatic heterocycles. The topological polar surface area (TPSA) is 51.0 Å². The second kappa shape index (κ2) is 5.66. The molecule has 0 radical (unpaired) electrons. The molecule has 106 valence electrons. The number of hydrogen-bond acceptors (Lipinski definition) is 4. The lowest BCUT2D eigenvalue weighted by Gasteiger charge is -2.25. The van der Waals surface area contributed by atoms with E-state index in [0.717, 1.165) is 35.3 Å². The van der Waals surface area contributed by atoms with Gasteiger partial charge in [-0.25, -0.2) is 0 Å². The van der Waals surface area contributed by atoms with Crippen molar-refractivity contribution in [3.63, 3.8) is 0 Å². The average Bonchev–Trinajstić information content (AvgIpc) is 2.88. The van der Waals surface area contributed by atoms with Crippen LogP contribution in [0.3, 0.4) is 0 Å². The highest BCUT2D eigenvalue weighted by Gasteiger charge is 2.25. The minimum Gasteiger partial charge on any atom is -0.339 e. The molecule has 3 rings (SSSR count). The lowest BCUT2D eigenvalue weighted by molar-refractivity contribution is 0.295. The molecule has 2 atom stereocenters. The third-order valence-electron chi connectivity index (χ3n) is 3.78. The highest BCUT2D eigenvalue weighted by molar-refractivity contribution is 9.10. The van der Waals surface area contributed by atoms with E-state index >= 15 is 0 Å². The normalized spacial score (nSPS) is 22.9. The van der Waals surface area contributed by atoms with Gasteiger partial charge in [0, 0.05) is 22.0 Å². The number of nitrogens with one attached hydrogen (secondary N) is 1. The molecule has 0 saturated carbocycles. The van der Waals surface area contributed by atoms with Crippen LogP contribution in [0.25, 0.3) is 11.4 Å². The van der Waals surface area contributed by atoms with Crippen LogP contribution in [0.5, 0.6) is 0 Å². The van der Waals surface area contributed by atoms with Crippen LogP contribution in [0.15, 0.2) is 27.2 Å². The van der Waals surface area contributed by atoms with Crippen molar-refractivity contribution in [3.8, 4) is 11.4 Å². The number of nitrogens with zero attached hydrogens (tertiary/aromatic N) is 2. The maximum atomic E-state index is 5.48. The zero-order valence-electron chi connectivity index (χ0n) is 11.7. The van der Waals surface area contributed by atoms with Crippen molar-refractivity contribution < 1.29 is 4.52 Å².